The van der Waals surface area contributed by atoms with Gasteiger partial charge >= 0.3 is 0 Å². The molecule has 0 radical (unpaired) electrons. The lowest BCUT2D eigenvalue weighted by atomic mass is 10.2. The first kappa shape index (κ1) is 21.2. The van der Waals surface area contributed by atoms with Crippen LogP contribution in [-0.2, 0) is 6.54 Å². The molecule has 7 heteroatoms. The largest absolute Gasteiger partial charge is 0.335 e. The summed E-state index contributed by atoms with van der Waals surface area (Å²) in [5.74, 6) is 0.118. The lowest BCUT2D eigenvalue weighted by Gasteiger charge is -2.34. The minimum atomic E-state index is 0.118. The zero-order valence-corrected chi connectivity index (χ0v) is 19.8. The predicted molar refractivity (Wildman–Crippen MR) is 131 cm³/mol. The van der Waals surface area contributed by atoms with Crippen molar-refractivity contribution in [3.8, 4) is 5.69 Å². The zero-order valence-electron chi connectivity index (χ0n) is 18.2. The lowest BCUT2D eigenvalue weighted by Crippen LogP contribution is -2.48. The summed E-state index contributed by atoms with van der Waals surface area (Å²) in [6, 6.07) is 18.3. The van der Waals surface area contributed by atoms with Gasteiger partial charge in [-0.3, -0.25) is 9.69 Å². The number of piperazine rings is 1. The van der Waals surface area contributed by atoms with E-state index < -0.39 is 0 Å². The van der Waals surface area contributed by atoms with E-state index in [2.05, 4.69) is 48.2 Å². The van der Waals surface area contributed by atoms with Crippen molar-refractivity contribution < 1.29 is 4.79 Å². The number of carbonyl (C=O) groups excluding carboxylic acids is 1. The molecule has 0 atom stereocenters. The summed E-state index contributed by atoms with van der Waals surface area (Å²) < 4.78 is 1.95. The molecule has 0 spiro atoms. The van der Waals surface area contributed by atoms with E-state index in [0.29, 0.717) is 0 Å². The van der Waals surface area contributed by atoms with E-state index in [9.17, 15) is 4.79 Å². The van der Waals surface area contributed by atoms with Gasteiger partial charge in [-0.25, -0.2) is 4.68 Å². The van der Waals surface area contributed by atoms with Crippen molar-refractivity contribution in [2.75, 3.05) is 26.2 Å². The van der Waals surface area contributed by atoms with E-state index in [1.165, 1.54) is 22.5 Å². The van der Waals surface area contributed by atoms with Crippen LogP contribution in [0.5, 0.6) is 0 Å². The fourth-order valence-electron chi connectivity index (χ4n) is 4.13. The number of aromatic nitrogens is 2. The Kier molecular flexibility index (Phi) is 5.76. The van der Waals surface area contributed by atoms with Gasteiger partial charge in [0.15, 0.2) is 0 Å². The third kappa shape index (κ3) is 4.18. The van der Waals surface area contributed by atoms with Crippen molar-refractivity contribution in [2.45, 2.75) is 20.4 Å². The quantitative estimate of drug-likeness (QED) is 0.410. The molecule has 1 saturated heterocycles. The van der Waals surface area contributed by atoms with Gasteiger partial charge < -0.3 is 4.90 Å². The van der Waals surface area contributed by atoms with Gasteiger partial charge in [0, 0.05) is 43.1 Å². The van der Waals surface area contributed by atoms with Gasteiger partial charge in [-0.1, -0.05) is 41.4 Å². The van der Waals surface area contributed by atoms with E-state index in [4.69, 9.17) is 16.7 Å². The zero-order chi connectivity index (χ0) is 22.2. The van der Waals surface area contributed by atoms with Gasteiger partial charge in [-0.2, -0.15) is 5.10 Å². The van der Waals surface area contributed by atoms with Crippen LogP contribution in [0.3, 0.4) is 0 Å². The number of amides is 1. The molecule has 164 valence electrons. The second kappa shape index (κ2) is 8.70. The van der Waals surface area contributed by atoms with Gasteiger partial charge in [0.1, 0.15) is 4.83 Å². The number of aryl methyl sites for hydroxylation is 2. The summed E-state index contributed by atoms with van der Waals surface area (Å²) in [4.78, 5) is 19.4. The van der Waals surface area contributed by atoms with E-state index in [-0.39, 0.29) is 5.91 Å². The monoisotopic (exact) mass is 464 g/mol. The predicted octanol–water partition coefficient (Wildman–Crippen LogP) is 5.32. The first-order chi connectivity index (χ1) is 15.5. The van der Waals surface area contributed by atoms with Crippen LogP contribution in [0.1, 0.15) is 26.5 Å². The summed E-state index contributed by atoms with van der Waals surface area (Å²) in [5.41, 5.74) is 4.43. The van der Waals surface area contributed by atoms with Crippen molar-refractivity contribution >= 4 is 39.1 Å². The topological polar surface area (TPSA) is 41.4 Å². The van der Waals surface area contributed by atoms with Gasteiger partial charge in [-0.05, 0) is 49.7 Å². The number of hydrogen-bond acceptors (Lipinski definition) is 4. The Morgan fingerprint density at radius 2 is 1.69 bits per heavy atom. The average Bonchev–Trinajstić information content (AvgIpc) is 3.37. The fraction of sp³-hybridized carbons (Fsp3) is 0.280. The number of rotatable bonds is 4. The summed E-state index contributed by atoms with van der Waals surface area (Å²) >= 11 is 7.52. The Morgan fingerprint density at radius 3 is 2.38 bits per heavy atom. The first-order valence-electron chi connectivity index (χ1n) is 10.8. The van der Waals surface area contributed by atoms with Crippen LogP contribution in [0.15, 0.2) is 54.6 Å². The number of halogens is 1. The number of hydrogen-bond donors (Lipinski definition) is 0. The molecule has 2 aromatic heterocycles. The highest BCUT2D eigenvalue weighted by Gasteiger charge is 2.25. The van der Waals surface area contributed by atoms with Crippen LogP contribution in [0.4, 0.5) is 0 Å². The van der Waals surface area contributed by atoms with Crippen LogP contribution >= 0.6 is 22.9 Å². The van der Waals surface area contributed by atoms with Gasteiger partial charge in [0.05, 0.1) is 16.3 Å². The van der Waals surface area contributed by atoms with Crippen LogP contribution in [0.2, 0.25) is 5.02 Å². The molecular weight excluding hydrogens is 440 g/mol. The average molecular weight is 465 g/mol. The Balaban J connectivity index is 1.29. The molecule has 4 aromatic rings. The third-order valence-electron chi connectivity index (χ3n) is 6.01. The van der Waals surface area contributed by atoms with Crippen molar-refractivity contribution in [3.05, 3.63) is 81.3 Å². The van der Waals surface area contributed by atoms with E-state index in [1.54, 1.807) is 0 Å². The highest BCUT2D eigenvalue weighted by atomic mass is 35.5. The molecule has 5 nitrogen and oxygen atoms in total. The minimum Gasteiger partial charge on any atom is -0.335 e. The minimum absolute atomic E-state index is 0.118. The molecule has 1 amide bonds. The molecule has 0 unspecified atom stereocenters. The van der Waals surface area contributed by atoms with E-state index >= 15 is 0 Å². The Labute approximate surface area is 196 Å². The Bertz CT molecular complexity index is 1250. The molecule has 1 aliphatic heterocycles. The molecule has 5 rings (SSSR count). The molecule has 0 saturated carbocycles. The Morgan fingerprint density at radius 1 is 1.00 bits per heavy atom. The maximum Gasteiger partial charge on any atom is 0.264 e. The third-order valence-corrected chi connectivity index (χ3v) is 7.36. The SMILES string of the molecule is Cc1ccc(-n2nc(C)c3cc(C(=O)N4CCN(Cc5ccc(Cl)cc5)CC4)sc32)cc1. The van der Waals surface area contributed by atoms with Crippen molar-refractivity contribution in [1.29, 1.82) is 0 Å². The highest BCUT2D eigenvalue weighted by Crippen LogP contribution is 2.31. The van der Waals surface area contributed by atoms with Gasteiger partial charge in [-0.15, -0.1) is 11.3 Å². The number of nitrogens with zero attached hydrogens (tertiary/aromatic N) is 4. The van der Waals surface area contributed by atoms with E-state index in [0.717, 1.165) is 64.2 Å². The molecule has 1 aliphatic rings. The van der Waals surface area contributed by atoms with Crippen LogP contribution in [0, 0.1) is 13.8 Å². The summed E-state index contributed by atoms with van der Waals surface area (Å²) in [6.07, 6.45) is 0. The standard InChI is InChI=1S/C25H25ClN4OS/c1-17-3-9-21(10-4-17)30-25-22(18(2)27-30)15-23(32-25)24(31)29-13-11-28(12-14-29)16-19-5-7-20(26)8-6-19/h3-10,15H,11-14,16H2,1-2H3. The molecule has 0 aliphatic carbocycles. The van der Waals surface area contributed by atoms with Crippen LogP contribution < -0.4 is 0 Å². The lowest BCUT2D eigenvalue weighted by molar-refractivity contribution is 0.0633. The van der Waals surface area contributed by atoms with Crippen molar-refractivity contribution in [3.63, 3.8) is 0 Å². The maximum atomic E-state index is 13.2. The molecular formula is C25H25ClN4OS. The molecule has 0 N–H and O–H groups in total. The number of fused-ring (bicyclic) bond motifs is 1. The molecule has 2 aromatic carbocycles. The summed E-state index contributed by atoms with van der Waals surface area (Å²) in [7, 11) is 0. The molecule has 1 fully saturated rings. The fourth-order valence-corrected chi connectivity index (χ4v) is 5.40. The first-order valence-corrected chi connectivity index (χ1v) is 12.0. The second-order valence-electron chi connectivity index (χ2n) is 8.36. The van der Waals surface area contributed by atoms with Gasteiger partial charge in [0.2, 0.25) is 0 Å². The molecule has 0 bridgehead atoms. The summed E-state index contributed by atoms with van der Waals surface area (Å²) in [6.45, 7) is 8.18. The molecule has 3 heterocycles. The number of benzene rings is 2. The van der Waals surface area contributed by atoms with Crippen LogP contribution in [-0.4, -0.2) is 51.7 Å². The van der Waals surface area contributed by atoms with Crippen LogP contribution in [0.25, 0.3) is 15.9 Å². The normalized spacial score (nSPS) is 14.9. The van der Waals surface area contributed by atoms with Crippen molar-refractivity contribution in [1.82, 2.24) is 19.6 Å². The summed E-state index contributed by atoms with van der Waals surface area (Å²) in [5, 5.41) is 6.52. The number of carbonyl (C=O) groups is 1. The maximum absolute atomic E-state index is 13.2. The molecule has 32 heavy (non-hydrogen) atoms. The highest BCUT2D eigenvalue weighted by molar-refractivity contribution is 7.20. The smallest absolute Gasteiger partial charge is 0.264 e. The van der Waals surface area contributed by atoms with Gasteiger partial charge in [0.25, 0.3) is 5.91 Å². The Hall–Kier alpha value is -2.67. The van der Waals surface area contributed by atoms with Crippen molar-refractivity contribution in [2.24, 2.45) is 0 Å². The van der Waals surface area contributed by atoms with E-state index in [1.807, 2.05) is 34.7 Å². The number of thiophene rings is 1. The second-order valence-corrected chi connectivity index (χ2v) is 9.82.